The summed E-state index contributed by atoms with van der Waals surface area (Å²) in [5, 5.41) is 15.7. The summed E-state index contributed by atoms with van der Waals surface area (Å²) in [6.45, 7) is 3.95. The van der Waals surface area contributed by atoms with E-state index in [1.165, 1.54) is 0 Å². The van der Waals surface area contributed by atoms with Gasteiger partial charge in [0.1, 0.15) is 5.41 Å². The number of aromatic nitrogens is 1. The Morgan fingerprint density at radius 2 is 1.85 bits per heavy atom. The van der Waals surface area contributed by atoms with Crippen LogP contribution in [-0.2, 0) is 17.3 Å². The Balaban J connectivity index is 2.01. The Kier molecular flexibility index (Phi) is 2.87. The highest BCUT2D eigenvalue weighted by molar-refractivity contribution is 6.12. The summed E-state index contributed by atoms with van der Waals surface area (Å²) in [5.74, 6) is 0.0248. The highest BCUT2D eigenvalue weighted by Gasteiger charge is 2.64. The molecule has 0 saturated carbocycles. The molecule has 1 aliphatic carbocycles. The van der Waals surface area contributed by atoms with Gasteiger partial charge in [0.05, 0.1) is 5.60 Å². The number of benzene rings is 2. The second kappa shape index (κ2) is 4.77. The van der Waals surface area contributed by atoms with Gasteiger partial charge in [-0.3, -0.25) is 4.79 Å². The summed E-state index contributed by atoms with van der Waals surface area (Å²) < 4.78 is 2.19. The third-order valence-corrected chi connectivity index (χ3v) is 6.43. The van der Waals surface area contributed by atoms with Gasteiger partial charge in [-0.2, -0.15) is 0 Å². The van der Waals surface area contributed by atoms with E-state index in [1.54, 1.807) is 0 Å². The molecule has 1 spiro atoms. The van der Waals surface area contributed by atoms with Crippen molar-refractivity contribution in [1.82, 2.24) is 4.57 Å². The van der Waals surface area contributed by atoms with Crippen molar-refractivity contribution >= 4 is 22.5 Å². The number of aryl methyl sites for hydroxylation is 1. The molecule has 1 aromatic heterocycles. The normalized spacial score (nSPS) is 29.7. The Morgan fingerprint density at radius 1 is 1.15 bits per heavy atom. The maximum atomic E-state index is 13.5. The Bertz CT molecular complexity index is 1080. The summed E-state index contributed by atoms with van der Waals surface area (Å²) >= 11 is 0. The maximum absolute atomic E-state index is 13.5. The number of para-hydroxylation sites is 2. The number of amides is 1. The predicted octanol–water partition coefficient (Wildman–Crippen LogP) is 3.67. The zero-order chi connectivity index (χ0) is 18.3. The molecule has 3 aromatic rings. The maximum Gasteiger partial charge on any atom is 0.242 e. The van der Waals surface area contributed by atoms with Gasteiger partial charge in [0, 0.05) is 34.9 Å². The Morgan fingerprint density at radius 3 is 2.65 bits per heavy atom. The van der Waals surface area contributed by atoms with E-state index in [0.717, 1.165) is 33.4 Å². The van der Waals surface area contributed by atoms with Crippen LogP contribution < -0.4 is 5.32 Å². The van der Waals surface area contributed by atoms with Crippen molar-refractivity contribution in [2.24, 2.45) is 7.05 Å². The largest absolute Gasteiger partial charge is 0.388 e. The Labute approximate surface area is 152 Å². The molecule has 26 heavy (non-hydrogen) atoms. The first-order valence-electron chi connectivity index (χ1n) is 9.10. The molecule has 2 aliphatic rings. The highest BCUT2D eigenvalue weighted by Crippen LogP contribution is 2.59. The van der Waals surface area contributed by atoms with E-state index in [9.17, 15) is 9.90 Å². The number of hydrogen-bond acceptors (Lipinski definition) is 2. The first kappa shape index (κ1) is 15.6. The van der Waals surface area contributed by atoms with E-state index < -0.39 is 11.0 Å². The molecule has 0 saturated heterocycles. The fourth-order valence-corrected chi connectivity index (χ4v) is 5.54. The number of rotatable bonds is 0. The van der Waals surface area contributed by atoms with Gasteiger partial charge in [-0.1, -0.05) is 43.3 Å². The smallest absolute Gasteiger partial charge is 0.242 e. The molecule has 2 aromatic carbocycles. The van der Waals surface area contributed by atoms with E-state index >= 15 is 0 Å². The molecule has 5 rings (SSSR count). The number of nitrogens with zero attached hydrogens (tertiary/aromatic N) is 1. The third-order valence-electron chi connectivity index (χ3n) is 6.43. The fourth-order valence-electron chi connectivity index (χ4n) is 5.54. The molecular weight excluding hydrogens is 324 g/mol. The highest BCUT2D eigenvalue weighted by atomic mass is 16.3. The van der Waals surface area contributed by atoms with Gasteiger partial charge in [-0.05, 0) is 37.0 Å². The van der Waals surface area contributed by atoms with Gasteiger partial charge < -0.3 is 15.0 Å². The molecule has 4 heteroatoms. The van der Waals surface area contributed by atoms with Crippen LogP contribution in [0.2, 0.25) is 0 Å². The van der Waals surface area contributed by atoms with Crippen molar-refractivity contribution < 1.29 is 9.90 Å². The third kappa shape index (κ3) is 1.57. The second-order valence-electron chi connectivity index (χ2n) is 7.97. The zero-order valence-electron chi connectivity index (χ0n) is 15.2. The molecule has 3 atom stereocenters. The van der Waals surface area contributed by atoms with Gasteiger partial charge in [0.15, 0.2) is 0 Å². The lowest BCUT2D eigenvalue weighted by Gasteiger charge is -2.47. The van der Waals surface area contributed by atoms with Crippen LogP contribution in [0.1, 0.15) is 43.0 Å². The summed E-state index contributed by atoms with van der Waals surface area (Å²) in [6.07, 6.45) is 0.534. The van der Waals surface area contributed by atoms with Crippen molar-refractivity contribution in [3.8, 4) is 0 Å². The molecule has 2 N–H and O–H groups in total. The van der Waals surface area contributed by atoms with Gasteiger partial charge in [-0.15, -0.1) is 0 Å². The van der Waals surface area contributed by atoms with Crippen LogP contribution in [0.5, 0.6) is 0 Å². The van der Waals surface area contributed by atoms with Crippen LogP contribution in [0.3, 0.4) is 0 Å². The van der Waals surface area contributed by atoms with Gasteiger partial charge >= 0.3 is 0 Å². The SMILES string of the molecule is CC1CC(C)(O)C2(C(=O)Nc3ccccc32)c2c1n(C)c1ccccc21. The van der Waals surface area contributed by atoms with Gasteiger partial charge in [0.2, 0.25) is 5.91 Å². The van der Waals surface area contributed by atoms with Gasteiger partial charge in [-0.25, -0.2) is 0 Å². The molecule has 0 radical (unpaired) electrons. The minimum absolute atomic E-state index is 0.131. The summed E-state index contributed by atoms with van der Waals surface area (Å²) in [7, 11) is 2.06. The first-order chi connectivity index (χ1) is 12.4. The number of fused-ring (bicyclic) bond motifs is 6. The summed E-state index contributed by atoms with van der Waals surface area (Å²) in [5.41, 5.74) is 2.60. The van der Waals surface area contributed by atoms with Crippen molar-refractivity contribution in [1.29, 1.82) is 0 Å². The fraction of sp³-hybridized carbons (Fsp3) is 0.318. The molecule has 132 valence electrons. The van der Waals surface area contributed by atoms with Crippen LogP contribution in [0.15, 0.2) is 48.5 Å². The van der Waals surface area contributed by atoms with E-state index in [0.29, 0.717) is 6.42 Å². The summed E-state index contributed by atoms with van der Waals surface area (Å²) in [6, 6.07) is 15.9. The molecule has 1 amide bonds. The minimum Gasteiger partial charge on any atom is -0.388 e. The van der Waals surface area contributed by atoms with Gasteiger partial charge in [0.25, 0.3) is 0 Å². The van der Waals surface area contributed by atoms with E-state index in [1.807, 2.05) is 43.3 Å². The summed E-state index contributed by atoms with van der Waals surface area (Å²) in [4.78, 5) is 13.5. The predicted molar refractivity (Wildman–Crippen MR) is 102 cm³/mol. The number of hydrogen-bond donors (Lipinski definition) is 2. The van der Waals surface area contributed by atoms with Crippen molar-refractivity contribution in [2.75, 3.05) is 5.32 Å². The van der Waals surface area contributed by atoms with Crippen molar-refractivity contribution in [3.05, 3.63) is 65.4 Å². The molecule has 2 heterocycles. The van der Waals surface area contributed by atoms with Crippen LogP contribution in [0.4, 0.5) is 5.69 Å². The molecule has 4 nitrogen and oxygen atoms in total. The first-order valence-corrected chi connectivity index (χ1v) is 9.10. The van der Waals surface area contributed by atoms with E-state index in [4.69, 9.17) is 0 Å². The topological polar surface area (TPSA) is 54.3 Å². The average molecular weight is 346 g/mol. The monoisotopic (exact) mass is 346 g/mol. The van der Waals surface area contributed by atoms with Crippen LogP contribution in [0.25, 0.3) is 10.9 Å². The number of nitrogens with one attached hydrogen (secondary N) is 1. The molecule has 0 bridgehead atoms. The second-order valence-corrected chi connectivity index (χ2v) is 7.97. The lowest BCUT2D eigenvalue weighted by atomic mass is 9.57. The number of carbonyl (C=O) groups excluding carboxylic acids is 1. The van der Waals surface area contributed by atoms with Crippen LogP contribution in [0, 0.1) is 0 Å². The van der Waals surface area contributed by atoms with E-state index in [-0.39, 0.29) is 11.8 Å². The van der Waals surface area contributed by atoms with Crippen LogP contribution >= 0.6 is 0 Å². The van der Waals surface area contributed by atoms with Crippen molar-refractivity contribution in [3.63, 3.8) is 0 Å². The van der Waals surface area contributed by atoms with Crippen molar-refractivity contribution in [2.45, 2.75) is 37.2 Å². The molecule has 1 aliphatic heterocycles. The lowest BCUT2D eigenvalue weighted by Crippen LogP contribution is -2.58. The quantitative estimate of drug-likeness (QED) is 0.652. The molecular formula is C22H22N2O2. The molecule has 3 unspecified atom stereocenters. The standard InChI is InChI=1S/C22H22N2O2/c1-13-12-21(2,26)22(15-9-5-6-10-16(15)23-20(22)25)18-14-8-4-7-11-17(14)24(3)19(13)18/h4-11,13,26H,12H2,1-3H3,(H,23,25). The van der Waals surface area contributed by atoms with Crippen LogP contribution in [-0.4, -0.2) is 21.2 Å². The molecule has 0 fully saturated rings. The number of aliphatic hydroxyl groups is 1. The average Bonchev–Trinajstić information content (AvgIpc) is 3.06. The zero-order valence-corrected chi connectivity index (χ0v) is 15.2. The number of anilines is 1. The lowest BCUT2D eigenvalue weighted by molar-refractivity contribution is -0.129. The van der Waals surface area contributed by atoms with E-state index in [2.05, 4.69) is 36.0 Å². The minimum atomic E-state index is -1.18. The Hall–Kier alpha value is -2.59. The number of carbonyl (C=O) groups is 1.